The third kappa shape index (κ3) is 3.24. The van der Waals surface area contributed by atoms with Crippen molar-refractivity contribution in [2.24, 2.45) is 7.05 Å². The summed E-state index contributed by atoms with van der Waals surface area (Å²) >= 11 is 0. The summed E-state index contributed by atoms with van der Waals surface area (Å²) < 4.78 is 6.52. The van der Waals surface area contributed by atoms with Crippen molar-refractivity contribution in [2.75, 3.05) is 0 Å². The van der Waals surface area contributed by atoms with Gasteiger partial charge in [-0.25, -0.2) is 4.79 Å². The van der Waals surface area contributed by atoms with Crippen molar-refractivity contribution in [2.45, 2.75) is 20.0 Å². The molecule has 1 heterocycles. The quantitative estimate of drug-likeness (QED) is 0.436. The summed E-state index contributed by atoms with van der Waals surface area (Å²) in [6, 6.07) is 1.81. The third-order valence-corrected chi connectivity index (χ3v) is 1.72. The number of esters is 1. The van der Waals surface area contributed by atoms with Gasteiger partial charge in [0.05, 0.1) is 12.3 Å². The summed E-state index contributed by atoms with van der Waals surface area (Å²) in [4.78, 5) is 11.5. The summed E-state index contributed by atoms with van der Waals surface area (Å²) in [5.74, 6) is -0.610. The predicted octanol–water partition coefficient (Wildman–Crippen LogP) is 1.28. The maximum Gasteiger partial charge on any atom is 0.349 e. The zero-order chi connectivity index (χ0) is 12.1. The Kier molecular flexibility index (Phi) is 3.84. The monoisotopic (exact) mass is 219 g/mol. The summed E-state index contributed by atoms with van der Waals surface area (Å²) in [5.41, 5.74) is 0.668. The average molecular weight is 219 g/mol. The van der Waals surface area contributed by atoms with E-state index < -0.39 is 5.97 Å². The number of ether oxygens (including phenoxy) is 1. The molecule has 0 radical (unpaired) electrons. The van der Waals surface area contributed by atoms with E-state index in [0.717, 1.165) is 0 Å². The Hall–Kier alpha value is -2.09. The maximum atomic E-state index is 11.5. The lowest BCUT2D eigenvalue weighted by Gasteiger charge is -2.05. The van der Waals surface area contributed by atoms with Gasteiger partial charge >= 0.3 is 5.97 Å². The van der Waals surface area contributed by atoms with Crippen molar-refractivity contribution in [3.05, 3.63) is 23.5 Å². The second kappa shape index (κ2) is 5.12. The number of nitriles is 1. The van der Waals surface area contributed by atoms with Crippen LogP contribution in [0.15, 0.2) is 18.0 Å². The zero-order valence-electron chi connectivity index (χ0n) is 9.47. The number of hydrogen-bond acceptors (Lipinski definition) is 4. The van der Waals surface area contributed by atoms with Gasteiger partial charge in [-0.3, -0.25) is 4.68 Å². The highest BCUT2D eigenvalue weighted by Gasteiger charge is 2.12. The fourth-order valence-electron chi connectivity index (χ4n) is 1.10. The highest BCUT2D eigenvalue weighted by atomic mass is 16.5. The van der Waals surface area contributed by atoms with Crippen LogP contribution in [-0.2, 0) is 16.6 Å². The first-order valence-electron chi connectivity index (χ1n) is 4.84. The van der Waals surface area contributed by atoms with E-state index in [0.29, 0.717) is 5.56 Å². The van der Waals surface area contributed by atoms with Crippen molar-refractivity contribution in [1.82, 2.24) is 9.78 Å². The first kappa shape index (κ1) is 12.0. The van der Waals surface area contributed by atoms with Crippen molar-refractivity contribution in [3.63, 3.8) is 0 Å². The second-order valence-corrected chi connectivity index (χ2v) is 3.57. The summed E-state index contributed by atoms with van der Waals surface area (Å²) in [5, 5.41) is 12.8. The van der Waals surface area contributed by atoms with Gasteiger partial charge < -0.3 is 4.74 Å². The van der Waals surface area contributed by atoms with Gasteiger partial charge in [0.15, 0.2) is 0 Å². The average Bonchev–Trinajstić information content (AvgIpc) is 2.59. The Morgan fingerprint density at radius 1 is 1.69 bits per heavy atom. The van der Waals surface area contributed by atoms with Crippen molar-refractivity contribution in [1.29, 1.82) is 5.26 Å². The van der Waals surface area contributed by atoms with Gasteiger partial charge in [-0.1, -0.05) is 0 Å². The Morgan fingerprint density at radius 3 is 2.81 bits per heavy atom. The standard InChI is InChI=1S/C11H13N3O2/c1-8(2)16-11(15)10(5-12)4-9-6-13-14(3)7-9/h4,6-8H,1-3H3/b10-4-. The Labute approximate surface area is 93.9 Å². The topological polar surface area (TPSA) is 67.9 Å². The van der Waals surface area contributed by atoms with E-state index in [1.807, 2.05) is 6.07 Å². The van der Waals surface area contributed by atoms with Crippen LogP contribution < -0.4 is 0 Å². The lowest BCUT2D eigenvalue weighted by atomic mass is 10.2. The van der Waals surface area contributed by atoms with E-state index in [1.54, 1.807) is 38.0 Å². The van der Waals surface area contributed by atoms with Crippen molar-refractivity contribution in [3.8, 4) is 6.07 Å². The SMILES string of the molecule is CC(C)OC(=O)/C(C#N)=C\c1cnn(C)c1. The number of aromatic nitrogens is 2. The first-order valence-corrected chi connectivity index (χ1v) is 4.84. The van der Waals surface area contributed by atoms with Gasteiger partial charge in [0.1, 0.15) is 11.6 Å². The highest BCUT2D eigenvalue weighted by molar-refractivity contribution is 5.97. The molecule has 1 aromatic heterocycles. The van der Waals surface area contributed by atoms with Gasteiger partial charge in [-0.15, -0.1) is 0 Å². The molecule has 0 N–H and O–H groups in total. The summed E-state index contributed by atoms with van der Waals surface area (Å²) in [7, 11) is 1.76. The van der Waals surface area contributed by atoms with E-state index in [1.165, 1.54) is 6.08 Å². The van der Waals surface area contributed by atoms with Crippen LogP contribution in [0.4, 0.5) is 0 Å². The molecule has 5 heteroatoms. The van der Waals surface area contributed by atoms with Crippen LogP contribution in [0.5, 0.6) is 0 Å². The first-order chi connectivity index (χ1) is 7.52. The number of carbonyl (C=O) groups excluding carboxylic acids is 1. The van der Waals surface area contributed by atoms with E-state index in [2.05, 4.69) is 5.10 Å². The Morgan fingerprint density at radius 2 is 2.38 bits per heavy atom. The van der Waals surface area contributed by atoms with Crippen LogP contribution in [0.25, 0.3) is 6.08 Å². The van der Waals surface area contributed by atoms with Crippen LogP contribution in [-0.4, -0.2) is 21.9 Å². The van der Waals surface area contributed by atoms with Gasteiger partial charge in [0, 0.05) is 18.8 Å². The molecule has 0 atom stereocenters. The van der Waals surface area contributed by atoms with E-state index in [-0.39, 0.29) is 11.7 Å². The highest BCUT2D eigenvalue weighted by Crippen LogP contribution is 2.07. The molecule has 0 bridgehead atoms. The number of rotatable bonds is 3. The molecule has 0 saturated carbocycles. The Bertz CT molecular complexity index is 452. The molecule has 0 amide bonds. The summed E-state index contributed by atoms with van der Waals surface area (Å²) in [6.07, 6.45) is 4.50. The normalized spacial score (nSPS) is 11.3. The van der Waals surface area contributed by atoms with Crippen molar-refractivity contribution < 1.29 is 9.53 Å². The second-order valence-electron chi connectivity index (χ2n) is 3.57. The molecule has 16 heavy (non-hydrogen) atoms. The van der Waals surface area contributed by atoms with E-state index in [4.69, 9.17) is 10.00 Å². The molecule has 5 nitrogen and oxygen atoms in total. The van der Waals surface area contributed by atoms with Crippen LogP contribution in [0, 0.1) is 11.3 Å². The minimum absolute atomic E-state index is 0.0262. The van der Waals surface area contributed by atoms with Gasteiger partial charge in [-0.2, -0.15) is 10.4 Å². The maximum absolute atomic E-state index is 11.5. The fraction of sp³-hybridized carbons (Fsp3) is 0.364. The number of aryl methyl sites for hydroxylation is 1. The van der Waals surface area contributed by atoms with Crippen LogP contribution >= 0.6 is 0 Å². The molecule has 0 fully saturated rings. The predicted molar refractivity (Wildman–Crippen MR) is 58.0 cm³/mol. The molecule has 1 rings (SSSR count). The van der Waals surface area contributed by atoms with Crippen LogP contribution in [0.2, 0.25) is 0 Å². The number of hydrogen-bond donors (Lipinski definition) is 0. The molecule has 0 spiro atoms. The fourth-order valence-corrected chi connectivity index (χ4v) is 1.10. The van der Waals surface area contributed by atoms with Crippen LogP contribution in [0.3, 0.4) is 0 Å². The van der Waals surface area contributed by atoms with Gasteiger partial charge in [-0.05, 0) is 19.9 Å². The molecule has 0 aromatic carbocycles. The van der Waals surface area contributed by atoms with E-state index in [9.17, 15) is 4.79 Å². The van der Waals surface area contributed by atoms with E-state index >= 15 is 0 Å². The molecule has 0 aliphatic carbocycles. The van der Waals surface area contributed by atoms with Crippen LogP contribution in [0.1, 0.15) is 19.4 Å². The third-order valence-electron chi connectivity index (χ3n) is 1.72. The molecule has 0 saturated heterocycles. The molecule has 1 aromatic rings. The largest absolute Gasteiger partial charge is 0.459 e. The molecule has 0 aliphatic rings. The van der Waals surface area contributed by atoms with Crippen molar-refractivity contribution >= 4 is 12.0 Å². The number of nitrogens with zero attached hydrogens (tertiary/aromatic N) is 3. The van der Waals surface area contributed by atoms with Gasteiger partial charge in [0.25, 0.3) is 0 Å². The van der Waals surface area contributed by atoms with Gasteiger partial charge in [0.2, 0.25) is 0 Å². The summed E-state index contributed by atoms with van der Waals surface area (Å²) in [6.45, 7) is 3.47. The molecule has 0 aliphatic heterocycles. The molecule has 84 valence electrons. The minimum Gasteiger partial charge on any atom is -0.459 e. The molecular weight excluding hydrogens is 206 g/mol. The lowest BCUT2D eigenvalue weighted by Crippen LogP contribution is -2.12. The smallest absolute Gasteiger partial charge is 0.349 e. The number of carbonyl (C=O) groups is 1. The molecule has 0 unspecified atom stereocenters. The molecular formula is C11H13N3O2. The Balaban J connectivity index is 2.87. The lowest BCUT2D eigenvalue weighted by molar-refractivity contribution is -0.142. The minimum atomic E-state index is -0.610. The zero-order valence-corrected chi connectivity index (χ0v) is 9.47.